The molecule has 0 bridgehead atoms. The molecule has 0 heterocycles. The Kier molecular flexibility index (Phi) is 8.16. The van der Waals surface area contributed by atoms with Gasteiger partial charge in [-0.05, 0) is 36.1 Å². The molecule has 0 unspecified atom stereocenters. The number of hydrogen-bond acceptors (Lipinski definition) is 7. The number of ether oxygens (including phenoxy) is 3. The Bertz CT molecular complexity index is 927. The summed E-state index contributed by atoms with van der Waals surface area (Å²) in [6.45, 7) is 6.70. The molecule has 0 aliphatic rings. The van der Waals surface area contributed by atoms with E-state index in [0.717, 1.165) is 16.9 Å². The van der Waals surface area contributed by atoms with Crippen LogP contribution in [0.3, 0.4) is 0 Å². The zero-order valence-electron chi connectivity index (χ0n) is 17.4. The zero-order valence-corrected chi connectivity index (χ0v) is 17.4. The highest BCUT2D eigenvalue weighted by Crippen LogP contribution is 2.27. The molecule has 0 aliphatic heterocycles. The number of nitro groups is 1. The second kappa shape index (κ2) is 10.8. The number of carbonyl (C=O) groups excluding carboxylic acids is 1. The number of hydrogen-bond donors (Lipinski definition) is 1. The van der Waals surface area contributed by atoms with E-state index in [2.05, 4.69) is 35.2 Å². The van der Waals surface area contributed by atoms with Crippen LogP contribution in [0.25, 0.3) is 0 Å². The topological polar surface area (TPSA) is 112 Å². The molecule has 2 aromatic rings. The molecular weight excluding hydrogens is 390 g/mol. The summed E-state index contributed by atoms with van der Waals surface area (Å²) in [6.07, 6.45) is 0.490. The van der Waals surface area contributed by atoms with Gasteiger partial charge in [-0.1, -0.05) is 26.0 Å². The lowest BCUT2D eigenvalue weighted by molar-refractivity contribution is -0.384. The van der Waals surface area contributed by atoms with Gasteiger partial charge in [0.2, 0.25) is 0 Å². The largest absolute Gasteiger partial charge is 0.490 e. The summed E-state index contributed by atoms with van der Waals surface area (Å²) in [5, 5.41) is 14.7. The first-order chi connectivity index (χ1) is 14.3. The number of nitrogens with one attached hydrogen (secondary N) is 1. The first kappa shape index (κ1) is 22.7. The molecule has 1 N–H and O–H groups in total. The van der Waals surface area contributed by atoms with Crippen molar-refractivity contribution in [2.45, 2.75) is 26.7 Å². The van der Waals surface area contributed by atoms with Crippen LogP contribution < -0.4 is 14.9 Å². The number of non-ortho nitro benzene ring substituents is 1. The van der Waals surface area contributed by atoms with E-state index < -0.39 is 11.0 Å². The van der Waals surface area contributed by atoms with Crippen LogP contribution in [0, 0.1) is 17.0 Å². The number of nitro benzene ring substituents is 1. The van der Waals surface area contributed by atoms with E-state index in [1.54, 1.807) is 0 Å². The molecule has 9 heteroatoms. The average Bonchev–Trinajstić information content (AvgIpc) is 2.71. The summed E-state index contributed by atoms with van der Waals surface area (Å²) in [4.78, 5) is 21.6. The Morgan fingerprint density at radius 1 is 1.17 bits per heavy atom. The number of nitrogens with zero attached hydrogens (tertiary/aromatic N) is 2. The molecule has 0 atom stereocenters. The van der Waals surface area contributed by atoms with Crippen molar-refractivity contribution in [3.8, 4) is 11.5 Å². The van der Waals surface area contributed by atoms with Crippen molar-refractivity contribution in [3.63, 3.8) is 0 Å². The minimum absolute atomic E-state index is 0.126. The van der Waals surface area contributed by atoms with Crippen LogP contribution in [0.1, 0.15) is 36.5 Å². The molecule has 2 aromatic carbocycles. The lowest BCUT2D eigenvalue weighted by Crippen LogP contribution is -2.17. The summed E-state index contributed by atoms with van der Waals surface area (Å²) in [5.74, 6) is 1.50. The smallest absolute Gasteiger partial charge is 0.427 e. The van der Waals surface area contributed by atoms with E-state index in [1.807, 2.05) is 19.1 Å². The van der Waals surface area contributed by atoms with Gasteiger partial charge in [0.25, 0.3) is 5.69 Å². The number of carbonyl (C=O) groups is 1. The number of hydrazone groups is 1. The second-order valence-corrected chi connectivity index (χ2v) is 6.73. The molecule has 2 rings (SSSR count). The van der Waals surface area contributed by atoms with Crippen LogP contribution in [0.15, 0.2) is 41.5 Å². The third-order valence-electron chi connectivity index (χ3n) is 4.14. The van der Waals surface area contributed by atoms with Gasteiger partial charge in [-0.3, -0.25) is 10.1 Å². The first-order valence-corrected chi connectivity index (χ1v) is 9.33. The number of amides is 1. The standard InChI is InChI=1S/C21H25N3O6/c1-14(2)18-7-5-15(3)11-20(18)30-10-9-29-19-8-6-17(24(26)27)12-16(19)13-22-23-21(25)28-4/h5-8,11-14H,9-10H2,1-4H3,(H,23,25)/b22-13+. The van der Waals surface area contributed by atoms with Crippen molar-refractivity contribution in [2.24, 2.45) is 5.10 Å². The maximum absolute atomic E-state index is 11.1. The summed E-state index contributed by atoms with van der Waals surface area (Å²) in [6, 6.07) is 10.2. The fraction of sp³-hybridized carbons (Fsp3) is 0.333. The van der Waals surface area contributed by atoms with Crippen LogP contribution >= 0.6 is 0 Å². The molecule has 0 saturated heterocycles. The fourth-order valence-electron chi connectivity index (χ4n) is 2.63. The molecular formula is C21H25N3O6. The number of methoxy groups -OCH3 is 1. The van der Waals surface area contributed by atoms with Gasteiger partial charge in [0.05, 0.1) is 18.2 Å². The van der Waals surface area contributed by atoms with Crippen LogP contribution in [0.2, 0.25) is 0 Å². The van der Waals surface area contributed by atoms with E-state index in [0.29, 0.717) is 17.2 Å². The van der Waals surface area contributed by atoms with Crippen molar-refractivity contribution >= 4 is 18.0 Å². The Hall–Kier alpha value is -3.62. The van der Waals surface area contributed by atoms with E-state index in [9.17, 15) is 14.9 Å². The quantitative estimate of drug-likeness (QED) is 0.285. The van der Waals surface area contributed by atoms with Gasteiger partial charge < -0.3 is 14.2 Å². The lowest BCUT2D eigenvalue weighted by Gasteiger charge is -2.15. The zero-order chi connectivity index (χ0) is 22.1. The highest BCUT2D eigenvalue weighted by Gasteiger charge is 2.12. The molecule has 1 amide bonds. The summed E-state index contributed by atoms with van der Waals surface area (Å²) in [5.41, 5.74) is 4.54. The first-order valence-electron chi connectivity index (χ1n) is 9.33. The summed E-state index contributed by atoms with van der Waals surface area (Å²) >= 11 is 0. The Morgan fingerprint density at radius 3 is 2.50 bits per heavy atom. The van der Waals surface area contributed by atoms with Gasteiger partial charge in [0, 0.05) is 17.7 Å². The maximum atomic E-state index is 11.1. The van der Waals surface area contributed by atoms with Crippen molar-refractivity contribution in [1.82, 2.24) is 5.43 Å². The van der Waals surface area contributed by atoms with E-state index in [-0.39, 0.29) is 18.9 Å². The van der Waals surface area contributed by atoms with Gasteiger partial charge in [0.1, 0.15) is 24.7 Å². The van der Waals surface area contributed by atoms with Gasteiger partial charge in [0.15, 0.2) is 0 Å². The highest BCUT2D eigenvalue weighted by molar-refractivity contribution is 5.85. The van der Waals surface area contributed by atoms with Crippen LogP contribution in [0.4, 0.5) is 10.5 Å². The van der Waals surface area contributed by atoms with Crippen molar-refractivity contribution in [3.05, 3.63) is 63.2 Å². The molecule has 0 saturated carbocycles. The second-order valence-electron chi connectivity index (χ2n) is 6.73. The van der Waals surface area contributed by atoms with E-state index in [1.165, 1.54) is 31.5 Å². The van der Waals surface area contributed by atoms with Gasteiger partial charge in [-0.2, -0.15) is 5.10 Å². The fourth-order valence-corrected chi connectivity index (χ4v) is 2.63. The molecule has 0 spiro atoms. The van der Waals surface area contributed by atoms with Crippen molar-refractivity contribution in [1.29, 1.82) is 0 Å². The highest BCUT2D eigenvalue weighted by atomic mass is 16.6. The van der Waals surface area contributed by atoms with E-state index >= 15 is 0 Å². The third-order valence-corrected chi connectivity index (χ3v) is 4.14. The molecule has 9 nitrogen and oxygen atoms in total. The minimum atomic E-state index is -0.758. The van der Waals surface area contributed by atoms with Gasteiger partial charge in [-0.15, -0.1) is 0 Å². The van der Waals surface area contributed by atoms with Gasteiger partial charge >= 0.3 is 6.09 Å². The predicted octanol–water partition coefficient (Wildman–Crippen LogP) is 4.17. The Labute approximate surface area is 174 Å². The SMILES string of the molecule is COC(=O)N/N=C/c1cc([N+](=O)[O-])ccc1OCCOc1cc(C)ccc1C(C)C. The number of benzene rings is 2. The molecule has 0 aliphatic carbocycles. The van der Waals surface area contributed by atoms with Crippen molar-refractivity contribution in [2.75, 3.05) is 20.3 Å². The molecule has 0 fully saturated rings. The Balaban J connectivity index is 2.06. The number of aryl methyl sites for hydroxylation is 1. The molecule has 30 heavy (non-hydrogen) atoms. The van der Waals surface area contributed by atoms with Crippen LogP contribution in [0.5, 0.6) is 11.5 Å². The molecule has 0 aromatic heterocycles. The van der Waals surface area contributed by atoms with Gasteiger partial charge in [-0.25, -0.2) is 10.2 Å². The minimum Gasteiger partial charge on any atom is -0.490 e. The normalized spacial score (nSPS) is 10.8. The third kappa shape index (κ3) is 6.47. The molecule has 0 radical (unpaired) electrons. The maximum Gasteiger partial charge on any atom is 0.427 e. The summed E-state index contributed by atoms with van der Waals surface area (Å²) < 4.78 is 16.0. The lowest BCUT2D eigenvalue weighted by atomic mass is 10.0. The van der Waals surface area contributed by atoms with Crippen LogP contribution in [-0.4, -0.2) is 37.6 Å². The predicted molar refractivity (Wildman–Crippen MR) is 112 cm³/mol. The number of rotatable bonds is 9. The average molecular weight is 415 g/mol. The monoisotopic (exact) mass is 415 g/mol. The summed E-state index contributed by atoms with van der Waals surface area (Å²) in [7, 11) is 1.20. The Morgan fingerprint density at radius 2 is 1.87 bits per heavy atom. The van der Waals surface area contributed by atoms with Crippen LogP contribution in [-0.2, 0) is 4.74 Å². The molecule has 160 valence electrons. The van der Waals surface area contributed by atoms with Crippen molar-refractivity contribution < 1.29 is 23.9 Å². The van der Waals surface area contributed by atoms with E-state index in [4.69, 9.17) is 9.47 Å².